The van der Waals surface area contributed by atoms with Crippen molar-refractivity contribution in [2.24, 2.45) is 22.0 Å². The first-order valence-corrected chi connectivity index (χ1v) is 4.95. The van der Waals surface area contributed by atoms with Crippen molar-refractivity contribution in [2.45, 2.75) is 47.5 Å². The molecule has 1 aliphatic carbocycles. The standard InChI is InChI=1S/C11H21NO/c1-9(2)6-7-10(3,4)11(9,5)8(12)13/h6-7H2,1-5H3,(H2,12,13). The fourth-order valence-electron chi connectivity index (χ4n) is 2.71. The fourth-order valence-corrected chi connectivity index (χ4v) is 2.71. The molecule has 2 nitrogen and oxygen atoms in total. The van der Waals surface area contributed by atoms with E-state index in [0.717, 1.165) is 12.8 Å². The van der Waals surface area contributed by atoms with Gasteiger partial charge in [0, 0.05) is 0 Å². The number of hydrogen-bond acceptors (Lipinski definition) is 1. The van der Waals surface area contributed by atoms with E-state index in [9.17, 15) is 4.79 Å². The lowest BCUT2D eigenvalue weighted by atomic mass is 9.59. The molecule has 13 heavy (non-hydrogen) atoms. The van der Waals surface area contributed by atoms with Crippen LogP contribution in [-0.2, 0) is 4.79 Å². The van der Waals surface area contributed by atoms with Gasteiger partial charge in [0.1, 0.15) is 0 Å². The van der Waals surface area contributed by atoms with E-state index in [-0.39, 0.29) is 22.2 Å². The Hall–Kier alpha value is -0.530. The Bertz CT molecular complexity index is 224. The summed E-state index contributed by atoms with van der Waals surface area (Å²) >= 11 is 0. The molecule has 0 aromatic rings. The predicted molar refractivity (Wildman–Crippen MR) is 54.1 cm³/mol. The van der Waals surface area contributed by atoms with Crippen LogP contribution in [0.1, 0.15) is 47.5 Å². The van der Waals surface area contributed by atoms with Gasteiger partial charge in [0.25, 0.3) is 0 Å². The Labute approximate surface area is 80.9 Å². The maximum atomic E-state index is 11.6. The normalized spacial score (nSPS) is 28.7. The number of carbonyl (C=O) groups is 1. The molecular weight excluding hydrogens is 162 g/mol. The number of nitrogens with two attached hydrogens (primary N) is 1. The molecule has 0 spiro atoms. The summed E-state index contributed by atoms with van der Waals surface area (Å²) in [7, 11) is 0. The zero-order valence-electron chi connectivity index (χ0n) is 9.40. The number of carbonyl (C=O) groups excluding carboxylic acids is 1. The van der Waals surface area contributed by atoms with Crippen molar-refractivity contribution in [3.05, 3.63) is 0 Å². The zero-order chi connectivity index (χ0) is 10.5. The SMILES string of the molecule is CC1(C)CCC(C)(C)C1(C)C(N)=O. The summed E-state index contributed by atoms with van der Waals surface area (Å²) in [5, 5.41) is 0. The average molecular weight is 183 g/mol. The molecule has 0 unspecified atom stereocenters. The molecule has 1 amide bonds. The minimum atomic E-state index is -0.375. The lowest BCUT2D eigenvalue weighted by Gasteiger charge is -2.44. The van der Waals surface area contributed by atoms with Gasteiger partial charge in [0.2, 0.25) is 5.91 Å². The molecule has 0 atom stereocenters. The molecule has 1 fully saturated rings. The van der Waals surface area contributed by atoms with Crippen molar-refractivity contribution >= 4 is 5.91 Å². The monoisotopic (exact) mass is 183 g/mol. The summed E-state index contributed by atoms with van der Waals surface area (Å²) in [6, 6.07) is 0. The van der Waals surface area contributed by atoms with Crippen LogP contribution in [0.5, 0.6) is 0 Å². The smallest absolute Gasteiger partial charge is 0.224 e. The summed E-state index contributed by atoms with van der Waals surface area (Å²) in [4.78, 5) is 11.6. The van der Waals surface area contributed by atoms with Crippen LogP contribution in [0.25, 0.3) is 0 Å². The van der Waals surface area contributed by atoms with E-state index in [4.69, 9.17) is 5.73 Å². The average Bonchev–Trinajstić information content (AvgIpc) is 2.12. The third-order valence-electron chi connectivity index (χ3n) is 4.57. The van der Waals surface area contributed by atoms with Crippen LogP contribution < -0.4 is 5.73 Å². The van der Waals surface area contributed by atoms with Crippen LogP contribution in [-0.4, -0.2) is 5.91 Å². The molecule has 1 rings (SSSR count). The summed E-state index contributed by atoms with van der Waals surface area (Å²) in [6.45, 7) is 10.6. The van der Waals surface area contributed by atoms with Crippen LogP contribution in [0, 0.1) is 16.2 Å². The van der Waals surface area contributed by atoms with E-state index < -0.39 is 0 Å². The molecule has 0 aliphatic heterocycles. The highest BCUT2D eigenvalue weighted by molar-refractivity contribution is 5.82. The first-order chi connectivity index (χ1) is 5.65. The van der Waals surface area contributed by atoms with Crippen LogP contribution in [0.2, 0.25) is 0 Å². The van der Waals surface area contributed by atoms with E-state index in [0.29, 0.717) is 0 Å². The van der Waals surface area contributed by atoms with Crippen LogP contribution in [0.15, 0.2) is 0 Å². The van der Waals surface area contributed by atoms with E-state index in [1.165, 1.54) is 0 Å². The minimum Gasteiger partial charge on any atom is -0.369 e. The van der Waals surface area contributed by atoms with E-state index in [1.807, 2.05) is 6.92 Å². The largest absolute Gasteiger partial charge is 0.369 e. The first kappa shape index (κ1) is 10.6. The minimum absolute atomic E-state index is 0.0301. The molecule has 0 radical (unpaired) electrons. The summed E-state index contributed by atoms with van der Waals surface area (Å²) in [5.41, 5.74) is 5.23. The zero-order valence-corrected chi connectivity index (χ0v) is 9.40. The van der Waals surface area contributed by atoms with Gasteiger partial charge in [-0.1, -0.05) is 27.7 Å². The molecule has 1 aliphatic rings. The van der Waals surface area contributed by atoms with E-state index >= 15 is 0 Å². The lowest BCUT2D eigenvalue weighted by molar-refractivity contribution is -0.138. The Kier molecular flexibility index (Phi) is 2.02. The summed E-state index contributed by atoms with van der Waals surface area (Å²) in [6.07, 6.45) is 2.17. The van der Waals surface area contributed by atoms with Gasteiger partial charge >= 0.3 is 0 Å². The molecule has 2 N–H and O–H groups in total. The van der Waals surface area contributed by atoms with Gasteiger partial charge in [-0.05, 0) is 30.6 Å². The Balaban J connectivity index is 3.22. The molecule has 0 heterocycles. The number of amides is 1. The maximum absolute atomic E-state index is 11.6. The van der Waals surface area contributed by atoms with Crippen molar-refractivity contribution in [2.75, 3.05) is 0 Å². The fraction of sp³-hybridized carbons (Fsp3) is 0.909. The van der Waals surface area contributed by atoms with Crippen molar-refractivity contribution < 1.29 is 4.79 Å². The topological polar surface area (TPSA) is 43.1 Å². The Morgan fingerprint density at radius 3 is 1.46 bits per heavy atom. The number of primary amides is 1. The molecule has 76 valence electrons. The molecular formula is C11H21NO. The second kappa shape index (κ2) is 2.49. The van der Waals surface area contributed by atoms with Gasteiger partial charge in [-0.15, -0.1) is 0 Å². The lowest BCUT2D eigenvalue weighted by Crippen LogP contribution is -2.50. The van der Waals surface area contributed by atoms with Gasteiger partial charge in [-0.3, -0.25) is 4.79 Å². The van der Waals surface area contributed by atoms with Crippen LogP contribution in [0.3, 0.4) is 0 Å². The van der Waals surface area contributed by atoms with Crippen LogP contribution >= 0.6 is 0 Å². The molecule has 0 aromatic heterocycles. The Morgan fingerprint density at radius 1 is 1.00 bits per heavy atom. The highest BCUT2D eigenvalue weighted by Crippen LogP contribution is 2.62. The van der Waals surface area contributed by atoms with Gasteiger partial charge in [-0.2, -0.15) is 0 Å². The van der Waals surface area contributed by atoms with E-state index in [2.05, 4.69) is 27.7 Å². The van der Waals surface area contributed by atoms with Crippen molar-refractivity contribution in [1.82, 2.24) is 0 Å². The number of rotatable bonds is 1. The van der Waals surface area contributed by atoms with Gasteiger partial charge < -0.3 is 5.73 Å². The second-order valence-corrected chi connectivity index (χ2v) is 5.76. The molecule has 2 heteroatoms. The highest BCUT2D eigenvalue weighted by atomic mass is 16.1. The van der Waals surface area contributed by atoms with Gasteiger partial charge in [0.05, 0.1) is 5.41 Å². The van der Waals surface area contributed by atoms with Gasteiger partial charge in [0.15, 0.2) is 0 Å². The molecule has 0 aromatic carbocycles. The predicted octanol–water partition coefficient (Wildman–Crippen LogP) is 2.32. The summed E-state index contributed by atoms with van der Waals surface area (Å²) < 4.78 is 0. The van der Waals surface area contributed by atoms with Crippen LogP contribution in [0.4, 0.5) is 0 Å². The molecule has 0 saturated heterocycles. The second-order valence-electron chi connectivity index (χ2n) is 5.76. The van der Waals surface area contributed by atoms with Crippen molar-refractivity contribution in [3.63, 3.8) is 0 Å². The highest BCUT2D eigenvalue weighted by Gasteiger charge is 2.59. The quantitative estimate of drug-likeness (QED) is 0.666. The summed E-state index contributed by atoms with van der Waals surface area (Å²) in [5.74, 6) is -0.153. The first-order valence-electron chi connectivity index (χ1n) is 4.95. The molecule has 0 bridgehead atoms. The van der Waals surface area contributed by atoms with Gasteiger partial charge in [-0.25, -0.2) is 0 Å². The molecule has 1 saturated carbocycles. The van der Waals surface area contributed by atoms with Crippen molar-refractivity contribution in [3.8, 4) is 0 Å². The maximum Gasteiger partial charge on any atom is 0.224 e. The number of hydrogen-bond donors (Lipinski definition) is 1. The third-order valence-corrected chi connectivity index (χ3v) is 4.57. The van der Waals surface area contributed by atoms with Crippen molar-refractivity contribution in [1.29, 1.82) is 0 Å². The van der Waals surface area contributed by atoms with E-state index in [1.54, 1.807) is 0 Å². The third kappa shape index (κ3) is 1.11. The Morgan fingerprint density at radius 2 is 1.31 bits per heavy atom.